The molecular formula is C21H26BrN3O5S2. The van der Waals surface area contributed by atoms with Gasteiger partial charge in [0.15, 0.2) is 0 Å². The van der Waals surface area contributed by atoms with E-state index in [2.05, 4.69) is 31.3 Å². The van der Waals surface area contributed by atoms with Crippen LogP contribution in [0.1, 0.15) is 25.3 Å². The largest absolute Gasteiger partial charge is 0.464 e. The number of esters is 1. The lowest BCUT2D eigenvalue weighted by atomic mass is 9.88. The van der Waals surface area contributed by atoms with E-state index in [-0.39, 0.29) is 30.1 Å². The van der Waals surface area contributed by atoms with Gasteiger partial charge in [0, 0.05) is 6.42 Å². The normalized spacial score (nSPS) is 16.8. The predicted molar refractivity (Wildman–Crippen MR) is 126 cm³/mol. The van der Waals surface area contributed by atoms with Gasteiger partial charge in [-0.05, 0) is 66.5 Å². The van der Waals surface area contributed by atoms with Crippen LogP contribution < -0.4 is 15.4 Å². The summed E-state index contributed by atoms with van der Waals surface area (Å²) in [7, 11) is -3.93. The number of halogens is 1. The molecule has 0 radical (unpaired) electrons. The Morgan fingerprint density at radius 1 is 1.19 bits per heavy atom. The lowest BCUT2D eigenvalue weighted by molar-refractivity contribution is -0.148. The molecule has 3 rings (SSSR count). The van der Waals surface area contributed by atoms with E-state index in [0.717, 1.165) is 16.9 Å². The number of sulfonamides is 1. The van der Waals surface area contributed by atoms with Gasteiger partial charge in [0.25, 0.3) is 10.0 Å². The van der Waals surface area contributed by atoms with Gasteiger partial charge in [-0.2, -0.15) is 4.72 Å². The highest BCUT2D eigenvalue weighted by molar-refractivity contribution is 9.11. The molecule has 2 heterocycles. The summed E-state index contributed by atoms with van der Waals surface area (Å²) < 4.78 is 34.6. The maximum absolute atomic E-state index is 13.5. The molecule has 1 aromatic carbocycles. The summed E-state index contributed by atoms with van der Waals surface area (Å²) in [5.74, 6) is -1.09. The molecule has 32 heavy (non-hydrogen) atoms. The molecule has 11 heteroatoms. The third kappa shape index (κ3) is 6.16. The van der Waals surface area contributed by atoms with E-state index in [9.17, 15) is 18.0 Å². The highest BCUT2D eigenvalue weighted by Crippen LogP contribution is 2.29. The zero-order valence-electron chi connectivity index (χ0n) is 17.6. The maximum atomic E-state index is 13.5. The number of carbonyl (C=O) groups excluding carboxylic acids is 2. The van der Waals surface area contributed by atoms with E-state index < -0.39 is 33.5 Å². The van der Waals surface area contributed by atoms with Gasteiger partial charge < -0.3 is 15.4 Å². The fourth-order valence-electron chi connectivity index (χ4n) is 3.56. The van der Waals surface area contributed by atoms with Gasteiger partial charge in [0.1, 0.15) is 15.8 Å². The SMILES string of the molecule is CCOC(=O)C(Cc1ccccc1)NC(=O)C1(NS(=O)(=O)c2ccc(Br)s2)CCNCC1. The molecule has 1 saturated heterocycles. The Balaban J connectivity index is 1.85. The Labute approximate surface area is 200 Å². The first kappa shape index (κ1) is 24.8. The first-order chi connectivity index (χ1) is 15.3. The van der Waals surface area contributed by atoms with E-state index in [1.54, 1.807) is 13.0 Å². The Morgan fingerprint density at radius 3 is 2.47 bits per heavy atom. The summed E-state index contributed by atoms with van der Waals surface area (Å²) in [5, 5.41) is 5.91. The van der Waals surface area contributed by atoms with Crippen LogP contribution in [-0.4, -0.2) is 51.6 Å². The van der Waals surface area contributed by atoms with Crippen molar-refractivity contribution in [2.45, 2.75) is 42.0 Å². The average molecular weight is 544 g/mol. The van der Waals surface area contributed by atoms with Crippen molar-refractivity contribution < 1.29 is 22.7 Å². The smallest absolute Gasteiger partial charge is 0.328 e. The molecule has 3 N–H and O–H groups in total. The number of benzene rings is 1. The van der Waals surface area contributed by atoms with Crippen LogP contribution in [0.4, 0.5) is 0 Å². The monoisotopic (exact) mass is 543 g/mol. The number of ether oxygens (including phenoxy) is 1. The van der Waals surface area contributed by atoms with Crippen molar-refractivity contribution in [1.29, 1.82) is 0 Å². The highest BCUT2D eigenvalue weighted by atomic mass is 79.9. The minimum Gasteiger partial charge on any atom is -0.464 e. The molecule has 1 aliphatic heterocycles. The molecule has 1 aromatic heterocycles. The first-order valence-electron chi connectivity index (χ1n) is 10.3. The summed E-state index contributed by atoms with van der Waals surface area (Å²) in [6.07, 6.45) is 0.751. The van der Waals surface area contributed by atoms with Gasteiger partial charge >= 0.3 is 5.97 Å². The van der Waals surface area contributed by atoms with Crippen molar-refractivity contribution in [3.05, 3.63) is 51.8 Å². The van der Waals surface area contributed by atoms with Gasteiger partial charge in [-0.3, -0.25) is 4.79 Å². The standard InChI is InChI=1S/C21H26BrN3O5S2/c1-2-30-19(26)16(14-15-6-4-3-5-7-15)24-20(27)21(10-12-23-13-11-21)25-32(28,29)18-9-8-17(22)31-18/h3-9,16,23,25H,2,10-14H2,1H3,(H,24,27). The van der Waals surface area contributed by atoms with Crippen LogP contribution in [0, 0.1) is 0 Å². The van der Waals surface area contributed by atoms with Crippen LogP contribution in [0.5, 0.6) is 0 Å². The molecule has 174 valence electrons. The van der Waals surface area contributed by atoms with Gasteiger partial charge in [-0.1, -0.05) is 30.3 Å². The van der Waals surface area contributed by atoms with E-state index in [4.69, 9.17) is 4.74 Å². The van der Waals surface area contributed by atoms with Crippen molar-refractivity contribution in [1.82, 2.24) is 15.4 Å². The molecule has 1 atom stereocenters. The van der Waals surface area contributed by atoms with Gasteiger partial charge in [0.05, 0.1) is 10.4 Å². The molecule has 1 unspecified atom stereocenters. The van der Waals surface area contributed by atoms with Crippen molar-refractivity contribution in [3.63, 3.8) is 0 Å². The number of hydrogen-bond acceptors (Lipinski definition) is 7. The topological polar surface area (TPSA) is 114 Å². The average Bonchev–Trinajstić information content (AvgIpc) is 3.22. The van der Waals surface area contributed by atoms with Gasteiger partial charge in [0.2, 0.25) is 5.91 Å². The number of hydrogen-bond donors (Lipinski definition) is 3. The minimum atomic E-state index is -3.93. The Kier molecular flexibility index (Phi) is 8.45. The molecule has 0 saturated carbocycles. The van der Waals surface area contributed by atoms with Gasteiger partial charge in [-0.25, -0.2) is 13.2 Å². The maximum Gasteiger partial charge on any atom is 0.328 e. The second kappa shape index (κ2) is 10.9. The number of rotatable bonds is 9. The van der Waals surface area contributed by atoms with Crippen LogP contribution in [0.15, 0.2) is 50.5 Å². The van der Waals surface area contributed by atoms with E-state index in [1.165, 1.54) is 6.07 Å². The van der Waals surface area contributed by atoms with Crippen LogP contribution >= 0.6 is 27.3 Å². The van der Waals surface area contributed by atoms with Crippen LogP contribution in [0.2, 0.25) is 0 Å². The first-order valence-corrected chi connectivity index (χ1v) is 13.4. The predicted octanol–water partition coefficient (Wildman–Crippen LogP) is 2.20. The fourth-order valence-corrected chi connectivity index (χ4v) is 6.99. The highest BCUT2D eigenvalue weighted by Gasteiger charge is 2.44. The zero-order chi connectivity index (χ0) is 23.2. The summed E-state index contributed by atoms with van der Waals surface area (Å²) in [6, 6.07) is 11.5. The molecule has 2 aromatic rings. The molecule has 0 spiro atoms. The number of carbonyl (C=O) groups is 2. The Hall–Kier alpha value is -1.79. The molecular weight excluding hydrogens is 518 g/mol. The summed E-state index contributed by atoms with van der Waals surface area (Å²) >= 11 is 4.34. The number of thiophene rings is 1. The second-order valence-electron chi connectivity index (χ2n) is 7.46. The molecule has 1 amide bonds. The number of amides is 1. The lowest BCUT2D eigenvalue weighted by Gasteiger charge is -2.37. The van der Waals surface area contributed by atoms with Crippen LogP contribution in [-0.2, 0) is 30.8 Å². The Bertz CT molecular complexity index is 1040. The zero-order valence-corrected chi connectivity index (χ0v) is 20.8. The quantitative estimate of drug-likeness (QED) is 0.418. The molecule has 1 aliphatic rings. The van der Waals surface area contributed by atoms with Crippen molar-refractivity contribution in [3.8, 4) is 0 Å². The Morgan fingerprint density at radius 2 is 1.88 bits per heavy atom. The van der Waals surface area contributed by atoms with Crippen molar-refractivity contribution in [2.75, 3.05) is 19.7 Å². The van der Waals surface area contributed by atoms with Crippen LogP contribution in [0.25, 0.3) is 0 Å². The molecule has 0 aliphatic carbocycles. The number of nitrogens with one attached hydrogen (secondary N) is 3. The number of piperidine rings is 1. The summed E-state index contributed by atoms with van der Waals surface area (Å²) in [4.78, 5) is 26.1. The fraction of sp³-hybridized carbons (Fsp3) is 0.429. The minimum absolute atomic E-state index is 0.112. The van der Waals surface area contributed by atoms with Crippen LogP contribution in [0.3, 0.4) is 0 Å². The summed E-state index contributed by atoms with van der Waals surface area (Å²) in [5.41, 5.74) is -0.517. The van der Waals surface area contributed by atoms with E-state index in [0.29, 0.717) is 16.9 Å². The summed E-state index contributed by atoms with van der Waals surface area (Å²) in [6.45, 7) is 2.80. The molecule has 1 fully saturated rings. The van der Waals surface area contributed by atoms with Crippen molar-refractivity contribution in [2.24, 2.45) is 0 Å². The molecule has 8 nitrogen and oxygen atoms in total. The van der Waals surface area contributed by atoms with Gasteiger partial charge in [-0.15, -0.1) is 11.3 Å². The van der Waals surface area contributed by atoms with E-state index >= 15 is 0 Å². The third-order valence-electron chi connectivity index (χ3n) is 5.19. The lowest BCUT2D eigenvalue weighted by Crippen LogP contribution is -2.64. The van der Waals surface area contributed by atoms with E-state index in [1.807, 2.05) is 30.3 Å². The second-order valence-corrected chi connectivity index (χ2v) is 11.8. The molecule has 0 bridgehead atoms. The third-order valence-corrected chi connectivity index (χ3v) is 8.85. The van der Waals surface area contributed by atoms with Crippen molar-refractivity contribution >= 4 is 49.2 Å².